The molecule has 15 heavy (non-hydrogen) atoms. The van der Waals surface area contributed by atoms with Gasteiger partial charge in [-0.05, 0) is 25.1 Å². The average Bonchev–Trinajstić information content (AvgIpc) is 2.22. The van der Waals surface area contributed by atoms with Gasteiger partial charge in [-0.15, -0.1) is 0 Å². The highest BCUT2D eigenvalue weighted by molar-refractivity contribution is 5.94. The molecule has 4 heteroatoms. The van der Waals surface area contributed by atoms with E-state index in [0.29, 0.717) is 5.96 Å². The number of aliphatic imine (C=N–C) groups is 1. The molecule has 1 aromatic rings. The molecule has 1 aromatic carbocycles. The van der Waals surface area contributed by atoms with Crippen LogP contribution in [-0.2, 0) is 0 Å². The van der Waals surface area contributed by atoms with Crippen molar-refractivity contribution in [3.63, 3.8) is 0 Å². The molecule has 0 amide bonds. The van der Waals surface area contributed by atoms with Gasteiger partial charge < -0.3 is 16.4 Å². The van der Waals surface area contributed by atoms with Crippen molar-refractivity contribution < 1.29 is 0 Å². The Morgan fingerprint density at radius 2 is 2.07 bits per heavy atom. The summed E-state index contributed by atoms with van der Waals surface area (Å²) >= 11 is 0. The minimum atomic E-state index is -0.265. The maximum Gasteiger partial charge on any atom is 0.201 e. The van der Waals surface area contributed by atoms with E-state index in [1.807, 2.05) is 24.3 Å². The molecular formula is C11H14N4. The molecule has 0 saturated heterocycles. The van der Waals surface area contributed by atoms with Crippen molar-refractivity contribution in [2.75, 3.05) is 5.32 Å². The molecule has 4 N–H and O–H groups in total. The second-order valence-electron chi connectivity index (χ2n) is 3.46. The summed E-state index contributed by atoms with van der Waals surface area (Å²) in [5, 5.41) is 6.14. The second kappa shape index (κ2) is 4.14. The Hall–Kier alpha value is -1.81. The molecule has 1 unspecified atom stereocenters. The lowest BCUT2D eigenvalue weighted by molar-refractivity contribution is 0.842. The van der Waals surface area contributed by atoms with E-state index < -0.39 is 0 Å². The lowest BCUT2D eigenvalue weighted by Gasteiger charge is -2.15. The van der Waals surface area contributed by atoms with Gasteiger partial charge in [0.15, 0.2) is 0 Å². The van der Waals surface area contributed by atoms with E-state index in [1.54, 1.807) is 12.3 Å². The first-order valence-electron chi connectivity index (χ1n) is 4.84. The number of nitrogens with one attached hydrogen (secondary N) is 2. The summed E-state index contributed by atoms with van der Waals surface area (Å²) in [7, 11) is 0. The first-order valence-corrected chi connectivity index (χ1v) is 4.84. The highest BCUT2D eigenvalue weighted by atomic mass is 15.2. The largest absolute Gasteiger partial charge is 0.333 e. The Labute approximate surface area is 88.9 Å². The zero-order valence-corrected chi connectivity index (χ0v) is 8.57. The molecule has 1 aliphatic rings. The molecule has 4 nitrogen and oxygen atoms in total. The van der Waals surface area contributed by atoms with Gasteiger partial charge in [-0.2, -0.15) is 0 Å². The smallest absolute Gasteiger partial charge is 0.201 e. The molecule has 0 aromatic heterocycles. The average molecular weight is 202 g/mol. The fraction of sp³-hybridized carbons (Fsp3) is 0.182. The summed E-state index contributed by atoms with van der Waals surface area (Å²) in [5.74, 6) is 0.675. The first kappa shape index (κ1) is 9.73. The Kier molecular flexibility index (Phi) is 2.69. The molecule has 0 spiro atoms. The van der Waals surface area contributed by atoms with Crippen LogP contribution in [-0.4, -0.2) is 12.1 Å². The highest BCUT2D eigenvalue weighted by Gasteiger charge is 2.04. The van der Waals surface area contributed by atoms with Crippen molar-refractivity contribution in [3.05, 3.63) is 42.1 Å². The molecule has 0 radical (unpaired) electrons. The fourth-order valence-corrected chi connectivity index (χ4v) is 1.30. The summed E-state index contributed by atoms with van der Waals surface area (Å²) in [4.78, 5) is 4.19. The number of hydrogen-bond donors (Lipinski definition) is 3. The maximum absolute atomic E-state index is 5.65. The quantitative estimate of drug-likeness (QED) is 0.640. The zero-order chi connectivity index (χ0) is 10.7. The predicted molar refractivity (Wildman–Crippen MR) is 62.5 cm³/mol. The normalized spacial score (nSPS) is 19.3. The van der Waals surface area contributed by atoms with Crippen molar-refractivity contribution in [3.8, 4) is 0 Å². The van der Waals surface area contributed by atoms with Gasteiger partial charge in [-0.3, -0.25) is 0 Å². The molecule has 78 valence electrons. The van der Waals surface area contributed by atoms with Gasteiger partial charge in [0.05, 0.1) is 0 Å². The van der Waals surface area contributed by atoms with Gasteiger partial charge in [-0.25, -0.2) is 4.99 Å². The van der Waals surface area contributed by atoms with Crippen LogP contribution in [0.25, 0.3) is 0 Å². The molecular weight excluding hydrogens is 188 g/mol. The van der Waals surface area contributed by atoms with Crippen LogP contribution in [0, 0.1) is 6.92 Å². The van der Waals surface area contributed by atoms with Gasteiger partial charge in [-0.1, -0.05) is 17.7 Å². The SMILES string of the molecule is Cc1ccc(NC2=NC(N)C=CN2)cc1. The molecule has 1 aliphatic heterocycles. The van der Waals surface area contributed by atoms with Crippen LogP contribution < -0.4 is 16.4 Å². The van der Waals surface area contributed by atoms with E-state index >= 15 is 0 Å². The third-order valence-electron chi connectivity index (χ3n) is 2.11. The van der Waals surface area contributed by atoms with Crippen LogP contribution >= 0.6 is 0 Å². The Bertz CT molecular complexity index is 392. The molecule has 0 fully saturated rings. The minimum Gasteiger partial charge on any atom is -0.333 e. The standard InChI is InChI=1S/C11H14N4/c1-8-2-4-9(5-3-8)14-11-13-7-6-10(12)15-11/h2-7,10H,12H2,1H3,(H2,13,14,15). The number of nitrogens with two attached hydrogens (primary N) is 1. The molecule has 1 heterocycles. The zero-order valence-electron chi connectivity index (χ0n) is 8.57. The van der Waals surface area contributed by atoms with Crippen molar-refractivity contribution in [1.29, 1.82) is 0 Å². The molecule has 0 aliphatic carbocycles. The number of rotatable bonds is 1. The minimum absolute atomic E-state index is 0.265. The first-order chi connectivity index (χ1) is 7.24. The van der Waals surface area contributed by atoms with Crippen molar-refractivity contribution in [2.24, 2.45) is 10.7 Å². The fourth-order valence-electron chi connectivity index (χ4n) is 1.30. The number of benzene rings is 1. The number of guanidine groups is 1. The van der Waals surface area contributed by atoms with Crippen LogP contribution in [0.5, 0.6) is 0 Å². The monoisotopic (exact) mass is 202 g/mol. The van der Waals surface area contributed by atoms with E-state index in [0.717, 1.165) is 5.69 Å². The van der Waals surface area contributed by atoms with E-state index in [-0.39, 0.29) is 6.17 Å². The lowest BCUT2D eigenvalue weighted by Crippen LogP contribution is -2.33. The van der Waals surface area contributed by atoms with Gasteiger partial charge in [0.25, 0.3) is 0 Å². The van der Waals surface area contributed by atoms with Crippen LogP contribution in [0.4, 0.5) is 5.69 Å². The maximum atomic E-state index is 5.65. The molecule has 1 atom stereocenters. The third kappa shape index (κ3) is 2.57. The summed E-state index contributed by atoms with van der Waals surface area (Å²) < 4.78 is 0. The van der Waals surface area contributed by atoms with Crippen molar-refractivity contribution >= 4 is 11.6 Å². The number of hydrogen-bond acceptors (Lipinski definition) is 4. The van der Waals surface area contributed by atoms with E-state index in [1.165, 1.54) is 5.56 Å². The summed E-state index contributed by atoms with van der Waals surface area (Å²) in [5.41, 5.74) is 7.88. The topological polar surface area (TPSA) is 62.4 Å². The number of aryl methyl sites for hydroxylation is 1. The Morgan fingerprint density at radius 3 is 2.73 bits per heavy atom. The molecule has 0 bridgehead atoms. The summed E-state index contributed by atoms with van der Waals surface area (Å²) in [6, 6.07) is 8.09. The van der Waals surface area contributed by atoms with Gasteiger partial charge in [0.2, 0.25) is 5.96 Å². The van der Waals surface area contributed by atoms with E-state index in [9.17, 15) is 0 Å². The molecule has 0 saturated carbocycles. The predicted octanol–water partition coefficient (Wildman–Crippen LogP) is 1.16. The number of anilines is 1. The van der Waals surface area contributed by atoms with E-state index in [2.05, 4.69) is 22.5 Å². The Morgan fingerprint density at radius 1 is 1.33 bits per heavy atom. The van der Waals surface area contributed by atoms with Crippen molar-refractivity contribution in [1.82, 2.24) is 5.32 Å². The van der Waals surface area contributed by atoms with Gasteiger partial charge in [0, 0.05) is 11.9 Å². The molecule has 2 rings (SSSR count). The highest BCUT2D eigenvalue weighted by Crippen LogP contribution is 2.08. The Balaban J connectivity index is 2.06. The van der Waals surface area contributed by atoms with Crippen LogP contribution in [0.2, 0.25) is 0 Å². The van der Waals surface area contributed by atoms with E-state index in [4.69, 9.17) is 5.73 Å². The summed E-state index contributed by atoms with van der Waals surface area (Å²) in [6.07, 6.45) is 3.31. The van der Waals surface area contributed by atoms with Gasteiger partial charge in [0.1, 0.15) is 6.17 Å². The summed E-state index contributed by atoms with van der Waals surface area (Å²) in [6.45, 7) is 2.05. The second-order valence-corrected chi connectivity index (χ2v) is 3.46. The van der Waals surface area contributed by atoms with Crippen LogP contribution in [0.3, 0.4) is 0 Å². The van der Waals surface area contributed by atoms with Crippen LogP contribution in [0.1, 0.15) is 5.56 Å². The van der Waals surface area contributed by atoms with Gasteiger partial charge >= 0.3 is 0 Å². The van der Waals surface area contributed by atoms with Crippen LogP contribution in [0.15, 0.2) is 41.5 Å². The number of nitrogens with zero attached hydrogens (tertiary/aromatic N) is 1. The van der Waals surface area contributed by atoms with Crippen molar-refractivity contribution in [2.45, 2.75) is 13.1 Å². The lowest BCUT2D eigenvalue weighted by atomic mass is 10.2. The third-order valence-corrected chi connectivity index (χ3v) is 2.11.